The second-order valence-corrected chi connectivity index (χ2v) is 4.19. The molecule has 1 aromatic heterocycles. The number of aromatic nitrogens is 1. The minimum absolute atomic E-state index is 0.243. The van der Waals surface area contributed by atoms with Crippen molar-refractivity contribution in [2.75, 3.05) is 0 Å². The summed E-state index contributed by atoms with van der Waals surface area (Å²) >= 11 is 5.85. The van der Waals surface area contributed by atoms with Gasteiger partial charge in [-0.05, 0) is 23.8 Å². The van der Waals surface area contributed by atoms with Gasteiger partial charge in [0.1, 0.15) is 5.69 Å². The molecule has 2 aromatic rings. The first-order chi connectivity index (χ1) is 8.91. The highest BCUT2D eigenvalue weighted by molar-refractivity contribution is 6.33. The number of rotatable bonds is 2. The van der Waals surface area contributed by atoms with E-state index in [2.05, 4.69) is 4.98 Å². The summed E-state index contributed by atoms with van der Waals surface area (Å²) < 4.78 is 37.1. The van der Waals surface area contributed by atoms with Crippen LogP contribution in [0, 0.1) is 0 Å². The zero-order valence-electron chi connectivity index (χ0n) is 9.41. The van der Waals surface area contributed by atoms with E-state index in [1.165, 1.54) is 18.2 Å². The van der Waals surface area contributed by atoms with Gasteiger partial charge in [-0.1, -0.05) is 23.7 Å². The van der Waals surface area contributed by atoms with Gasteiger partial charge in [0.25, 0.3) is 0 Å². The molecule has 2 rings (SSSR count). The molecule has 6 heteroatoms. The van der Waals surface area contributed by atoms with Gasteiger partial charge in [-0.25, -0.2) is 0 Å². The summed E-state index contributed by atoms with van der Waals surface area (Å²) in [5.74, 6) is 0. The molecule has 1 aromatic carbocycles. The SMILES string of the molecule is O=Cc1ccc(-c2ccc(C(F)(F)F)nc2)cc1Cl. The number of carbonyl (C=O) groups excluding carboxylic acids is 1. The Morgan fingerprint density at radius 3 is 2.26 bits per heavy atom. The number of aldehydes is 1. The lowest BCUT2D eigenvalue weighted by Crippen LogP contribution is -2.07. The van der Waals surface area contributed by atoms with Gasteiger partial charge in [0, 0.05) is 17.3 Å². The molecule has 98 valence electrons. The van der Waals surface area contributed by atoms with E-state index in [4.69, 9.17) is 11.6 Å². The van der Waals surface area contributed by atoms with Gasteiger partial charge >= 0.3 is 6.18 Å². The first-order valence-electron chi connectivity index (χ1n) is 5.20. The second-order valence-electron chi connectivity index (χ2n) is 3.78. The molecule has 0 spiro atoms. The molecule has 1 heterocycles. The summed E-state index contributed by atoms with van der Waals surface area (Å²) in [7, 11) is 0. The lowest BCUT2D eigenvalue weighted by molar-refractivity contribution is -0.141. The van der Waals surface area contributed by atoms with Crippen LogP contribution in [0.25, 0.3) is 11.1 Å². The molecular weight excluding hydrogens is 279 g/mol. The average Bonchev–Trinajstić information content (AvgIpc) is 2.38. The fraction of sp³-hybridized carbons (Fsp3) is 0.0769. The number of benzene rings is 1. The van der Waals surface area contributed by atoms with Crippen molar-refractivity contribution < 1.29 is 18.0 Å². The van der Waals surface area contributed by atoms with Crippen molar-refractivity contribution in [3.05, 3.63) is 52.8 Å². The van der Waals surface area contributed by atoms with Crippen molar-refractivity contribution >= 4 is 17.9 Å². The zero-order valence-corrected chi connectivity index (χ0v) is 10.2. The monoisotopic (exact) mass is 285 g/mol. The van der Waals surface area contributed by atoms with Crippen LogP contribution in [-0.4, -0.2) is 11.3 Å². The first kappa shape index (κ1) is 13.5. The highest BCUT2D eigenvalue weighted by Gasteiger charge is 2.32. The maximum atomic E-state index is 12.4. The number of pyridine rings is 1. The molecule has 0 amide bonds. The quantitative estimate of drug-likeness (QED) is 0.773. The minimum Gasteiger partial charge on any atom is -0.298 e. The zero-order chi connectivity index (χ0) is 14.0. The van der Waals surface area contributed by atoms with E-state index >= 15 is 0 Å². The number of alkyl halides is 3. The molecule has 0 aliphatic rings. The van der Waals surface area contributed by atoms with E-state index in [0.717, 1.165) is 12.3 Å². The molecule has 0 saturated heterocycles. The number of halogens is 4. The fourth-order valence-corrected chi connectivity index (χ4v) is 1.76. The van der Waals surface area contributed by atoms with Crippen molar-refractivity contribution in [3.63, 3.8) is 0 Å². The van der Waals surface area contributed by atoms with E-state index in [1.807, 2.05) is 0 Å². The standard InChI is InChI=1S/C13H7ClF3NO/c14-11-5-8(1-2-10(11)7-19)9-3-4-12(18-6-9)13(15,16)17/h1-7H. The van der Waals surface area contributed by atoms with E-state index < -0.39 is 11.9 Å². The first-order valence-corrected chi connectivity index (χ1v) is 5.58. The smallest absolute Gasteiger partial charge is 0.298 e. The second kappa shape index (κ2) is 5.01. The Morgan fingerprint density at radius 1 is 1.11 bits per heavy atom. The van der Waals surface area contributed by atoms with Gasteiger partial charge in [-0.3, -0.25) is 9.78 Å². The molecule has 0 radical (unpaired) electrons. The van der Waals surface area contributed by atoms with Gasteiger partial charge in [-0.15, -0.1) is 0 Å². The molecule has 0 fully saturated rings. The lowest BCUT2D eigenvalue weighted by atomic mass is 10.1. The molecule has 0 saturated carbocycles. The van der Waals surface area contributed by atoms with Crippen LogP contribution >= 0.6 is 11.6 Å². The van der Waals surface area contributed by atoms with Gasteiger partial charge in [0.2, 0.25) is 0 Å². The Bertz CT molecular complexity index is 608. The van der Waals surface area contributed by atoms with Crippen LogP contribution < -0.4 is 0 Å². The minimum atomic E-state index is -4.46. The van der Waals surface area contributed by atoms with Crippen LogP contribution in [0.2, 0.25) is 5.02 Å². The third kappa shape index (κ3) is 2.93. The Hall–Kier alpha value is -1.88. The predicted molar refractivity (Wildman–Crippen MR) is 65.1 cm³/mol. The van der Waals surface area contributed by atoms with Gasteiger partial charge in [-0.2, -0.15) is 13.2 Å². The largest absolute Gasteiger partial charge is 0.433 e. The number of hydrogen-bond acceptors (Lipinski definition) is 2. The molecule has 0 N–H and O–H groups in total. The van der Waals surface area contributed by atoms with E-state index in [1.54, 1.807) is 6.07 Å². The fourth-order valence-electron chi connectivity index (χ4n) is 1.53. The molecule has 0 bridgehead atoms. The summed E-state index contributed by atoms with van der Waals surface area (Å²) in [5.41, 5.74) is 0.460. The summed E-state index contributed by atoms with van der Waals surface area (Å²) in [4.78, 5) is 14.0. The summed E-state index contributed by atoms with van der Waals surface area (Å²) in [5, 5.41) is 0.243. The van der Waals surface area contributed by atoms with E-state index in [-0.39, 0.29) is 5.02 Å². The van der Waals surface area contributed by atoms with Gasteiger partial charge in [0.15, 0.2) is 6.29 Å². The topological polar surface area (TPSA) is 30.0 Å². The lowest BCUT2D eigenvalue weighted by Gasteiger charge is -2.07. The van der Waals surface area contributed by atoms with Crippen molar-refractivity contribution in [3.8, 4) is 11.1 Å². The summed E-state index contributed by atoms with van der Waals surface area (Å²) in [6.45, 7) is 0. The molecule has 2 nitrogen and oxygen atoms in total. The average molecular weight is 286 g/mol. The molecule has 0 atom stereocenters. The van der Waals surface area contributed by atoms with Crippen molar-refractivity contribution in [1.82, 2.24) is 4.98 Å². The molecule has 0 unspecified atom stereocenters. The van der Waals surface area contributed by atoms with Crippen molar-refractivity contribution in [2.24, 2.45) is 0 Å². The highest BCUT2D eigenvalue weighted by atomic mass is 35.5. The third-order valence-corrected chi connectivity index (χ3v) is 2.84. The van der Waals surface area contributed by atoms with Crippen LogP contribution in [0.1, 0.15) is 16.1 Å². The number of nitrogens with zero attached hydrogens (tertiary/aromatic N) is 1. The van der Waals surface area contributed by atoms with Gasteiger partial charge < -0.3 is 0 Å². The van der Waals surface area contributed by atoms with Crippen LogP contribution in [0.3, 0.4) is 0 Å². The van der Waals surface area contributed by atoms with Crippen LogP contribution in [0.15, 0.2) is 36.5 Å². The Morgan fingerprint density at radius 2 is 1.79 bits per heavy atom. The van der Waals surface area contributed by atoms with E-state index in [9.17, 15) is 18.0 Å². The van der Waals surface area contributed by atoms with Crippen LogP contribution in [0.4, 0.5) is 13.2 Å². The molecule has 0 aliphatic carbocycles. The molecule has 0 aliphatic heterocycles. The maximum Gasteiger partial charge on any atom is 0.433 e. The highest BCUT2D eigenvalue weighted by Crippen LogP contribution is 2.30. The molecule has 19 heavy (non-hydrogen) atoms. The van der Waals surface area contributed by atoms with Crippen molar-refractivity contribution in [1.29, 1.82) is 0 Å². The maximum absolute atomic E-state index is 12.4. The third-order valence-electron chi connectivity index (χ3n) is 2.51. The molecular formula is C13H7ClF3NO. The van der Waals surface area contributed by atoms with Crippen LogP contribution in [0.5, 0.6) is 0 Å². The van der Waals surface area contributed by atoms with E-state index in [0.29, 0.717) is 23.0 Å². The number of carbonyl (C=O) groups is 1. The summed E-state index contributed by atoms with van der Waals surface area (Å²) in [6.07, 6.45) is -2.73. The Labute approximate surface area is 111 Å². The normalized spacial score (nSPS) is 11.4. The predicted octanol–water partition coefficient (Wildman–Crippen LogP) is 4.23. The Balaban J connectivity index is 2.37. The van der Waals surface area contributed by atoms with Gasteiger partial charge in [0.05, 0.1) is 5.02 Å². The summed E-state index contributed by atoms with van der Waals surface area (Å²) in [6, 6.07) is 6.82. The van der Waals surface area contributed by atoms with Crippen LogP contribution in [-0.2, 0) is 6.18 Å². The van der Waals surface area contributed by atoms with Crippen molar-refractivity contribution in [2.45, 2.75) is 6.18 Å². The Kier molecular flexibility index (Phi) is 3.57. The number of hydrogen-bond donors (Lipinski definition) is 0.